The monoisotopic (exact) mass is 186 g/mol. The smallest absolute Gasteiger partial charge is 0.00826 e. The first-order valence-electron chi connectivity index (χ1n) is 5.40. The fraction of sp³-hybridized carbons (Fsp3) is 0.429. The maximum absolute atomic E-state index is 2.39. The Labute approximate surface area is 86.7 Å². The quantitative estimate of drug-likeness (QED) is 0.624. The van der Waals surface area contributed by atoms with Gasteiger partial charge in [0.25, 0.3) is 0 Å². The molecule has 1 aliphatic rings. The van der Waals surface area contributed by atoms with E-state index in [9.17, 15) is 0 Å². The molecular weight excluding hydrogens is 168 g/mol. The van der Waals surface area contributed by atoms with Gasteiger partial charge in [-0.1, -0.05) is 37.6 Å². The molecular formula is C14H18. The molecule has 0 amide bonds. The highest BCUT2D eigenvalue weighted by Crippen LogP contribution is 2.35. The van der Waals surface area contributed by atoms with Crippen molar-refractivity contribution in [3.8, 4) is 0 Å². The van der Waals surface area contributed by atoms with E-state index in [-0.39, 0.29) is 0 Å². The number of rotatable bonds is 1. The lowest BCUT2D eigenvalue weighted by molar-refractivity contribution is 0.857. The second-order valence-electron chi connectivity index (χ2n) is 4.63. The molecule has 0 aliphatic heterocycles. The van der Waals surface area contributed by atoms with Crippen LogP contribution in [0.15, 0.2) is 18.2 Å². The summed E-state index contributed by atoms with van der Waals surface area (Å²) >= 11 is 0. The normalized spacial score (nSPS) is 14.5. The van der Waals surface area contributed by atoms with Gasteiger partial charge in [0, 0.05) is 0 Å². The molecule has 0 spiro atoms. The summed E-state index contributed by atoms with van der Waals surface area (Å²) in [5.41, 5.74) is 7.41. The Balaban J connectivity index is 2.55. The molecule has 0 atom stereocenters. The third-order valence-electron chi connectivity index (χ3n) is 3.08. The minimum absolute atomic E-state index is 0.650. The Hall–Kier alpha value is -1.04. The van der Waals surface area contributed by atoms with E-state index >= 15 is 0 Å². The van der Waals surface area contributed by atoms with Crippen LogP contribution in [-0.4, -0.2) is 0 Å². The first-order valence-corrected chi connectivity index (χ1v) is 5.40. The SMILES string of the molecule is Cc1cc(C)c2c(c1)C(C(C)C)=CC2. The van der Waals surface area contributed by atoms with Crippen molar-refractivity contribution >= 4 is 5.57 Å². The number of fused-ring (bicyclic) bond motifs is 1. The molecule has 1 aromatic rings. The van der Waals surface area contributed by atoms with Crippen LogP contribution in [-0.2, 0) is 6.42 Å². The second-order valence-corrected chi connectivity index (χ2v) is 4.63. The molecule has 0 unspecified atom stereocenters. The van der Waals surface area contributed by atoms with Crippen molar-refractivity contribution in [3.63, 3.8) is 0 Å². The van der Waals surface area contributed by atoms with Crippen LogP contribution in [0.2, 0.25) is 0 Å². The lowest BCUT2D eigenvalue weighted by Gasteiger charge is -2.12. The summed E-state index contributed by atoms with van der Waals surface area (Å²) in [5.74, 6) is 0.650. The summed E-state index contributed by atoms with van der Waals surface area (Å²) < 4.78 is 0. The lowest BCUT2D eigenvalue weighted by atomic mass is 9.93. The molecule has 74 valence electrons. The van der Waals surface area contributed by atoms with E-state index in [0.29, 0.717) is 5.92 Å². The molecule has 14 heavy (non-hydrogen) atoms. The van der Waals surface area contributed by atoms with E-state index in [1.165, 1.54) is 22.3 Å². The average Bonchev–Trinajstić information content (AvgIpc) is 2.47. The van der Waals surface area contributed by atoms with Gasteiger partial charge in [-0.25, -0.2) is 0 Å². The maximum atomic E-state index is 2.39. The minimum atomic E-state index is 0.650. The van der Waals surface area contributed by atoms with Crippen molar-refractivity contribution in [1.29, 1.82) is 0 Å². The largest absolute Gasteiger partial charge is 0.0760 e. The van der Waals surface area contributed by atoms with Crippen molar-refractivity contribution in [2.75, 3.05) is 0 Å². The van der Waals surface area contributed by atoms with Gasteiger partial charge < -0.3 is 0 Å². The summed E-state index contributed by atoms with van der Waals surface area (Å²) in [7, 11) is 0. The lowest BCUT2D eigenvalue weighted by Crippen LogP contribution is -1.95. The highest BCUT2D eigenvalue weighted by Gasteiger charge is 2.18. The highest BCUT2D eigenvalue weighted by molar-refractivity contribution is 5.75. The number of allylic oxidation sites excluding steroid dienone is 2. The summed E-state index contributed by atoms with van der Waals surface area (Å²) in [6.07, 6.45) is 3.52. The zero-order chi connectivity index (χ0) is 10.3. The summed E-state index contributed by atoms with van der Waals surface area (Å²) in [6, 6.07) is 4.62. The van der Waals surface area contributed by atoms with Crippen molar-refractivity contribution in [3.05, 3.63) is 40.5 Å². The maximum Gasteiger partial charge on any atom is -0.00826 e. The first-order chi connectivity index (χ1) is 6.59. The van der Waals surface area contributed by atoms with Gasteiger partial charge in [-0.05, 0) is 48.4 Å². The van der Waals surface area contributed by atoms with Crippen molar-refractivity contribution in [1.82, 2.24) is 0 Å². The Bertz CT molecular complexity index is 395. The van der Waals surface area contributed by atoms with Crippen LogP contribution >= 0.6 is 0 Å². The van der Waals surface area contributed by atoms with E-state index in [4.69, 9.17) is 0 Å². The van der Waals surface area contributed by atoms with Gasteiger partial charge in [0.15, 0.2) is 0 Å². The van der Waals surface area contributed by atoms with Gasteiger partial charge in [0.05, 0.1) is 0 Å². The van der Waals surface area contributed by atoms with Gasteiger partial charge in [-0.2, -0.15) is 0 Å². The molecule has 0 heterocycles. The van der Waals surface area contributed by atoms with Crippen LogP contribution in [0.25, 0.3) is 5.57 Å². The van der Waals surface area contributed by atoms with Gasteiger partial charge in [0.1, 0.15) is 0 Å². The summed E-state index contributed by atoms with van der Waals surface area (Å²) in [6.45, 7) is 8.96. The molecule has 1 aliphatic carbocycles. The van der Waals surface area contributed by atoms with Crippen molar-refractivity contribution in [2.24, 2.45) is 5.92 Å². The summed E-state index contributed by atoms with van der Waals surface area (Å²) in [4.78, 5) is 0. The Kier molecular flexibility index (Phi) is 2.22. The van der Waals surface area contributed by atoms with Crippen LogP contribution in [0, 0.1) is 19.8 Å². The number of hydrogen-bond acceptors (Lipinski definition) is 0. The van der Waals surface area contributed by atoms with E-state index in [1.807, 2.05) is 0 Å². The van der Waals surface area contributed by atoms with Gasteiger partial charge in [-0.3, -0.25) is 0 Å². The molecule has 2 rings (SSSR count). The molecule has 0 bridgehead atoms. The predicted molar refractivity (Wildman–Crippen MR) is 62.4 cm³/mol. The van der Waals surface area contributed by atoms with Crippen LogP contribution in [0.1, 0.15) is 36.1 Å². The molecule has 0 radical (unpaired) electrons. The number of hydrogen-bond donors (Lipinski definition) is 0. The van der Waals surface area contributed by atoms with Gasteiger partial charge >= 0.3 is 0 Å². The molecule has 0 nitrogen and oxygen atoms in total. The molecule has 0 heteroatoms. The average molecular weight is 186 g/mol. The van der Waals surface area contributed by atoms with Crippen LogP contribution in [0.5, 0.6) is 0 Å². The van der Waals surface area contributed by atoms with E-state index in [0.717, 1.165) is 6.42 Å². The first kappa shape index (κ1) is 9.51. The molecule has 0 aromatic heterocycles. The van der Waals surface area contributed by atoms with Crippen LogP contribution in [0.3, 0.4) is 0 Å². The summed E-state index contributed by atoms with van der Waals surface area (Å²) in [5, 5.41) is 0. The van der Waals surface area contributed by atoms with Gasteiger partial charge in [0.2, 0.25) is 0 Å². The minimum Gasteiger partial charge on any atom is -0.0760 e. The third-order valence-corrected chi connectivity index (χ3v) is 3.08. The molecule has 0 saturated heterocycles. The Morgan fingerprint density at radius 3 is 2.50 bits per heavy atom. The zero-order valence-electron chi connectivity index (χ0n) is 9.52. The van der Waals surface area contributed by atoms with E-state index < -0.39 is 0 Å². The second kappa shape index (κ2) is 3.27. The molecule has 1 aromatic carbocycles. The standard InChI is InChI=1S/C14H18/c1-9(2)12-5-6-13-11(4)7-10(3)8-14(12)13/h5,7-9H,6H2,1-4H3. The fourth-order valence-corrected chi connectivity index (χ4v) is 2.39. The zero-order valence-corrected chi connectivity index (χ0v) is 9.52. The Morgan fingerprint density at radius 2 is 1.86 bits per heavy atom. The van der Waals surface area contributed by atoms with E-state index in [1.54, 1.807) is 5.56 Å². The molecule has 0 saturated carbocycles. The topological polar surface area (TPSA) is 0 Å². The van der Waals surface area contributed by atoms with Crippen molar-refractivity contribution < 1.29 is 0 Å². The van der Waals surface area contributed by atoms with Crippen LogP contribution < -0.4 is 0 Å². The predicted octanol–water partition coefficient (Wildman–Crippen LogP) is 3.90. The van der Waals surface area contributed by atoms with Crippen LogP contribution in [0.4, 0.5) is 0 Å². The highest BCUT2D eigenvalue weighted by atomic mass is 14.2. The molecule has 0 N–H and O–H groups in total. The number of aryl methyl sites for hydroxylation is 2. The molecule has 0 fully saturated rings. The fourth-order valence-electron chi connectivity index (χ4n) is 2.39. The van der Waals surface area contributed by atoms with Crippen molar-refractivity contribution in [2.45, 2.75) is 34.1 Å². The van der Waals surface area contributed by atoms with Gasteiger partial charge in [-0.15, -0.1) is 0 Å². The Morgan fingerprint density at radius 1 is 1.14 bits per heavy atom. The van der Waals surface area contributed by atoms with E-state index in [2.05, 4.69) is 45.9 Å². The third kappa shape index (κ3) is 1.39. The number of benzene rings is 1.